The first-order chi connectivity index (χ1) is 15.1. The third-order valence-corrected chi connectivity index (χ3v) is 6.18. The molecule has 1 N–H and O–H groups in total. The number of thioether (sulfide) groups is 1. The van der Waals surface area contributed by atoms with Crippen LogP contribution in [0.1, 0.15) is 36.5 Å². The summed E-state index contributed by atoms with van der Waals surface area (Å²) in [6.45, 7) is 2.83. The van der Waals surface area contributed by atoms with Gasteiger partial charge in [0.05, 0.1) is 0 Å². The molecule has 1 saturated heterocycles. The number of benzene rings is 2. The number of aromatic amines is 1. The molecule has 9 heteroatoms. The van der Waals surface area contributed by atoms with Crippen LogP contribution in [-0.2, 0) is 24.8 Å². The molecule has 0 amide bonds. The summed E-state index contributed by atoms with van der Waals surface area (Å²) in [5.41, 5.74) is 1.66. The first-order valence-electron chi connectivity index (χ1n) is 9.81. The molecule has 1 aliphatic rings. The van der Waals surface area contributed by atoms with E-state index in [0.29, 0.717) is 16.7 Å². The molecule has 1 atom stereocenters. The minimum absolute atomic E-state index is 0.140. The predicted molar refractivity (Wildman–Crippen MR) is 118 cm³/mol. The standard InChI is InChI=1S/C23H20ClF2NO4S/c1-23(2)30-21(28)19(22(29)31-23)17(18-15(25)7-12(24)8-16(18)26)14-9-27-20-11(10-32-3)5-4-6-13(14)20/h4-9,17,19,27H,10H2,1-3H3. The Kier molecular flexibility index (Phi) is 5.94. The second kappa shape index (κ2) is 8.41. The van der Waals surface area contributed by atoms with Crippen LogP contribution in [0.4, 0.5) is 8.78 Å². The van der Waals surface area contributed by atoms with Crippen LogP contribution < -0.4 is 0 Å². The van der Waals surface area contributed by atoms with Crippen molar-refractivity contribution < 1.29 is 27.8 Å². The molecule has 1 fully saturated rings. The molecule has 2 heterocycles. The topological polar surface area (TPSA) is 68.4 Å². The average Bonchev–Trinajstić information content (AvgIpc) is 3.09. The van der Waals surface area contributed by atoms with Crippen LogP contribution in [0.2, 0.25) is 5.02 Å². The van der Waals surface area contributed by atoms with Crippen LogP contribution in [0.5, 0.6) is 0 Å². The Hall–Kier alpha value is -2.58. The molecule has 2 aromatic carbocycles. The molecular formula is C23H20ClF2NO4S. The smallest absolute Gasteiger partial charge is 0.324 e. The van der Waals surface area contributed by atoms with Gasteiger partial charge in [-0.05, 0) is 29.5 Å². The van der Waals surface area contributed by atoms with Crippen molar-refractivity contribution in [2.24, 2.45) is 5.92 Å². The number of esters is 2. The number of ether oxygens (including phenoxy) is 2. The van der Waals surface area contributed by atoms with Crippen molar-refractivity contribution in [3.63, 3.8) is 0 Å². The molecule has 168 valence electrons. The number of para-hydroxylation sites is 1. The number of hydrogen-bond donors (Lipinski definition) is 1. The molecule has 1 aromatic heterocycles. The van der Waals surface area contributed by atoms with Gasteiger partial charge in [-0.1, -0.05) is 29.8 Å². The lowest BCUT2D eigenvalue weighted by Crippen LogP contribution is -2.48. The van der Waals surface area contributed by atoms with Crippen molar-refractivity contribution >= 4 is 46.2 Å². The van der Waals surface area contributed by atoms with Crippen molar-refractivity contribution in [3.05, 3.63) is 69.9 Å². The van der Waals surface area contributed by atoms with Crippen LogP contribution in [-0.4, -0.2) is 29.0 Å². The van der Waals surface area contributed by atoms with Crippen molar-refractivity contribution in [3.8, 4) is 0 Å². The van der Waals surface area contributed by atoms with Crippen molar-refractivity contribution in [1.82, 2.24) is 4.98 Å². The van der Waals surface area contributed by atoms with Gasteiger partial charge >= 0.3 is 11.9 Å². The van der Waals surface area contributed by atoms with E-state index in [2.05, 4.69) is 4.98 Å². The zero-order valence-electron chi connectivity index (χ0n) is 17.5. The molecule has 5 nitrogen and oxygen atoms in total. The highest BCUT2D eigenvalue weighted by atomic mass is 35.5. The summed E-state index contributed by atoms with van der Waals surface area (Å²) in [4.78, 5) is 29.0. The lowest BCUT2D eigenvalue weighted by molar-refractivity contribution is -0.240. The first kappa shape index (κ1) is 22.6. The quantitative estimate of drug-likeness (QED) is 0.384. The Morgan fingerprint density at radius 3 is 2.38 bits per heavy atom. The summed E-state index contributed by atoms with van der Waals surface area (Å²) < 4.78 is 40.7. The van der Waals surface area contributed by atoms with E-state index in [4.69, 9.17) is 21.1 Å². The second-order valence-electron chi connectivity index (χ2n) is 8.00. The number of H-pyrrole nitrogens is 1. The normalized spacial score (nSPS) is 17.3. The fourth-order valence-corrected chi connectivity index (χ4v) is 4.87. The van der Waals surface area contributed by atoms with Gasteiger partial charge in [0, 0.05) is 53.2 Å². The fraction of sp³-hybridized carbons (Fsp3) is 0.304. The van der Waals surface area contributed by atoms with E-state index in [9.17, 15) is 9.59 Å². The highest BCUT2D eigenvalue weighted by Crippen LogP contribution is 2.43. The number of carbonyl (C=O) groups is 2. The number of rotatable bonds is 5. The maximum absolute atomic E-state index is 15.1. The van der Waals surface area contributed by atoms with Gasteiger partial charge in [-0.3, -0.25) is 9.59 Å². The summed E-state index contributed by atoms with van der Waals surface area (Å²) in [6, 6.07) is 7.42. The van der Waals surface area contributed by atoms with Crippen LogP contribution in [0.25, 0.3) is 10.9 Å². The molecule has 1 unspecified atom stereocenters. The zero-order valence-corrected chi connectivity index (χ0v) is 19.1. The number of carbonyl (C=O) groups excluding carboxylic acids is 2. The molecule has 1 aliphatic heterocycles. The number of fused-ring (bicyclic) bond motifs is 1. The van der Waals surface area contributed by atoms with E-state index in [1.54, 1.807) is 24.0 Å². The summed E-state index contributed by atoms with van der Waals surface area (Å²) in [7, 11) is 0. The molecule has 0 spiro atoms. The van der Waals surface area contributed by atoms with Crippen molar-refractivity contribution in [1.29, 1.82) is 0 Å². The predicted octanol–water partition coefficient (Wildman–Crippen LogP) is 5.55. The molecule has 0 radical (unpaired) electrons. The van der Waals surface area contributed by atoms with Gasteiger partial charge in [0.1, 0.15) is 11.6 Å². The summed E-state index contributed by atoms with van der Waals surface area (Å²) in [6.07, 6.45) is 3.52. The number of nitrogens with one attached hydrogen (secondary N) is 1. The van der Waals surface area contributed by atoms with Gasteiger partial charge in [-0.2, -0.15) is 11.8 Å². The molecule has 3 aromatic rings. The Bertz CT molecular complexity index is 1180. The van der Waals surface area contributed by atoms with E-state index < -0.39 is 46.8 Å². The number of cyclic esters (lactones) is 2. The number of aromatic nitrogens is 1. The van der Waals surface area contributed by atoms with Gasteiger partial charge < -0.3 is 14.5 Å². The highest BCUT2D eigenvalue weighted by molar-refractivity contribution is 7.97. The van der Waals surface area contributed by atoms with Gasteiger partial charge in [-0.25, -0.2) is 8.78 Å². The Labute approximate surface area is 192 Å². The first-order valence-corrected chi connectivity index (χ1v) is 11.6. The van der Waals surface area contributed by atoms with Crippen molar-refractivity contribution in [2.45, 2.75) is 31.3 Å². The monoisotopic (exact) mass is 479 g/mol. The zero-order chi connectivity index (χ0) is 23.2. The van der Waals surface area contributed by atoms with Gasteiger partial charge in [-0.15, -0.1) is 0 Å². The maximum Gasteiger partial charge on any atom is 0.324 e. The fourth-order valence-electron chi connectivity index (χ4n) is 4.12. The third-order valence-electron chi connectivity index (χ3n) is 5.36. The molecule has 0 bridgehead atoms. The minimum atomic E-state index is -1.60. The van der Waals surface area contributed by atoms with E-state index >= 15 is 8.78 Å². The lowest BCUT2D eigenvalue weighted by atomic mass is 9.79. The molecule has 0 saturated carbocycles. The van der Waals surface area contributed by atoms with E-state index in [0.717, 1.165) is 23.2 Å². The van der Waals surface area contributed by atoms with Crippen LogP contribution in [0.15, 0.2) is 36.5 Å². The Morgan fingerprint density at radius 1 is 1.16 bits per heavy atom. The van der Waals surface area contributed by atoms with Crippen molar-refractivity contribution in [2.75, 3.05) is 6.26 Å². The lowest BCUT2D eigenvalue weighted by Gasteiger charge is -2.36. The van der Waals surface area contributed by atoms with E-state index in [-0.39, 0.29) is 5.02 Å². The van der Waals surface area contributed by atoms with Gasteiger partial charge in [0.25, 0.3) is 5.79 Å². The van der Waals surface area contributed by atoms with Crippen LogP contribution >= 0.6 is 23.4 Å². The average molecular weight is 480 g/mol. The summed E-state index contributed by atoms with van der Waals surface area (Å²) in [5.74, 6) is -7.48. The summed E-state index contributed by atoms with van der Waals surface area (Å²) in [5, 5.41) is 0.499. The van der Waals surface area contributed by atoms with Gasteiger partial charge in [0.2, 0.25) is 0 Å². The largest absolute Gasteiger partial charge is 0.422 e. The number of hydrogen-bond acceptors (Lipinski definition) is 5. The maximum atomic E-state index is 15.1. The van der Waals surface area contributed by atoms with E-state index in [1.165, 1.54) is 13.8 Å². The minimum Gasteiger partial charge on any atom is -0.422 e. The second-order valence-corrected chi connectivity index (χ2v) is 9.30. The van der Waals surface area contributed by atoms with E-state index in [1.807, 2.05) is 18.4 Å². The molecule has 4 rings (SSSR count). The van der Waals surface area contributed by atoms with Crippen LogP contribution in [0, 0.1) is 17.6 Å². The molecular weight excluding hydrogens is 460 g/mol. The van der Waals surface area contributed by atoms with Crippen LogP contribution in [0.3, 0.4) is 0 Å². The molecule has 0 aliphatic carbocycles. The summed E-state index contributed by atoms with van der Waals surface area (Å²) >= 11 is 7.43. The van der Waals surface area contributed by atoms with Gasteiger partial charge in [0.15, 0.2) is 5.92 Å². The number of halogens is 3. The highest BCUT2D eigenvalue weighted by Gasteiger charge is 2.50. The molecule has 32 heavy (non-hydrogen) atoms. The Morgan fingerprint density at radius 2 is 1.78 bits per heavy atom. The third kappa shape index (κ3) is 3.97. The SMILES string of the molecule is CSCc1cccc2c(C(c3c(F)cc(Cl)cc3F)C3C(=O)OC(C)(C)OC3=O)c[nH]c12. The Balaban J connectivity index is 1.96.